The van der Waals surface area contributed by atoms with E-state index < -0.39 is 17.8 Å². The minimum Gasteiger partial charge on any atom is -0.496 e. The average molecular weight is 354 g/mol. The molecular weight excluding hydrogens is 337 g/mol. The van der Waals surface area contributed by atoms with Crippen molar-refractivity contribution in [2.45, 2.75) is 18.8 Å². The fourth-order valence-electron chi connectivity index (χ4n) is 3.02. The van der Waals surface area contributed by atoms with Crippen LogP contribution in [0.4, 0.5) is 19.0 Å². The molecule has 0 saturated carbocycles. The van der Waals surface area contributed by atoms with E-state index in [0.29, 0.717) is 22.6 Å². The van der Waals surface area contributed by atoms with Crippen molar-refractivity contribution in [2.24, 2.45) is 0 Å². The summed E-state index contributed by atoms with van der Waals surface area (Å²) in [7, 11) is 2.99. The molecule has 3 rings (SSSR count). The summed E-state index contributed by atoms with van der Waals surface area (Å²) in [5, 5.41) is 10.5. The molecule has 2 heterocycles. The summed E-state index contributed by atoms with van der Waals surface area (Å²) in [5.74, 6) is 1.19. The van der Waals surface area contributed by atoms with E-state index >= 15 is 0 Å². The Morgan fingerprint density at radius 2 is 1.84 bits per heavy atom. The molecule has 0 radical (unpaired) electrons. The van der Waals surface area contributed by atoms with Crippen LogP contribution in [-0.2, 0) is 12.7 Å². The smallest absolute Gasteiger partial charge is 0.416 e. The third kappa shape index (κ3) is 3.21. The lowest BCUT2D eigenvalue weighted by atomic mass is 9.95. The van der Waals surface area contributed by atoms with Crippen LogP contribution in [0.15, 0.2) is 30.5 Å². The number of rotatable bonds is 3. The van der Waals surface area contributed by atoms with Gasteiger partial charge in [0.15, 0.2) is 0 Å². The number of halogens is 3. The van der Waals surface area contributed by atoms with E-state index in [-0.39, 0.29) is 18.9 Å². The third-order valence-corrected chi connectivity index (χ3v) is 4.19. The lowest BCUT2D eigenvalue weighted by molar-refractivity contribution is -0.137. The third-order valence-electron chi connectivity index (χ3n) is 4.19. The number of hydrogen-bond acceptors (Lipinski definition) is 5. The van der Waals surface area contributed by atoms with Gasteiger partial charge in [0, 0.05) is 23.9 Å². The van der Waals surface area contributed by atoms with Gasteiger partial charge in [-0.15, -0.1) is 0 Å². The number of hydrogen-bond donors (Lipinski definition) is 1. The van der Waals surface area contributed by atoms with E-state index in [1.54, 1.807) is 17.0 Å². The van der Waals surface area contributed by atoms with Crippen LogP contribution in [-0.4, -0.2) is 30.9 Å². The maximum Gasteiger partial charge on any atom is 0.416 e. The molecule has 0 amide bonds. The van der Waals surface area contributed by atoms with Gasteiger partial charge in [0.05, 0.1) is 26.3 Å². The standard InChI is InChI=1S/C17H17F3N2O3/c1-24-13-3-4-14(25-2)16-11(13)8-22(9-12(16)23)15-7-10(5-6-21-15)17(18,19)20/h3-7,12,23H,8-9H2,1-2H3. The molecule has 1 aromatic carbocycles. The largest absolute Gasteiger partial charge is 0.496 e. The molecule has 1 aliphatic rings. The lowest BCUT2D eigenvalue weighted by Crippen LogP contribution is -2.35. The maximum absolute atomic E-state index is 12.9. The molecule has 0 bridgehead atoms. The fourth-order valence-corrected chi connectivity index (χ4v) is 3.02. The van der Waals surface area contributed by atoms with Gasteiger partial charge in [-0.1, -0.05) is 0 Å². The number of pyridine rings is 1. The van der Waals surface area contributed by atoms with Crippen LogP contribution < -0.4 is 14.4 Å². The first-order valence-corrected chi connectivity index (χ1v) is 7.55. The van der Waals surface area contributed by atoms with Crippen LogP contribution in [0.25, 0.3) is 0 Å². The van der Waals surface area contributed by atoms with E-state index in [1.807, 2.05) is 0 Å². The average Bonchev–Trinajstić information content (AvgIpc) is 2.60. The second-order valence-corrected chi connectivity index (χ2v) is 5.66. The van der Waals surface area contributed by atoms with Crippen molar-refractivity contribution in [3.05, 3.63) is 47.2 Å². The molecule has 1 atom stereocenters. The predicted molar refractivity (Wildman–Crippen MR) is 84.8 cm³/mol. The van der Waals surface area contributed by atoms with Gasteiger partial charge in [-0.2, -0.15) is 13.2 Å². The van der Waals surface area contributed by atoms with Crippen molar-refractivity contribution in [3.63, 3.8) is 0 Å². The van der Waals surface area contributed by atoms with E-state index in [2.05, 4.69) is 4.98 Å². The van der Waals surface area contributed by atoms with Gasteiger partial charge in [0.1, 0.15) is 23.4 Å². The van der Waals surface area contributed by atoms with Gasteiger partial charge >= 0.3 is 6.18 Å². The lowest BCUT2D eigenvalue weighted by Gasteiger charge is -2.34. The minimum absolute atomic E-state index is 0.102. The molecule has 1 aromatic heterocycles. The van der Waals surface area contributed by atoms with Crippen LogP contribution in [0.2, 0.25) is 0 Å². The minimum atomic E-state index is -4.45. The Kier molecular flexibility index (Phi) is 4.47. The van der Waals surface area contributed by atoms with Gasteiger partial charge in [0.25, 0.3) is 0 Å². The molecule has 1 N–H and O–H groups in total. The predicted octanol–water partition coefficient (Wildman–Crippen LogP) is 3.17. The number of methoxy groups -OCH3 is 2. The zero-order valence-electron chi connectivity index (χ0n) is 13.7. The van der Waals surface area contributed by atoms with Crippen molar-refractivity contribution in [1.82, 2.24) is 4.98 Å². The number of anilines is 1. The first-order valence-electron chi connectivity index (χ1n) is 7.55. The molecular formula is C17H17F3N2O3. The molecule has 0 saturated heterocycles. The molecule has 2 aromatic rings. The highest BCUT2D eigenvalue weighted by Gasteiger charge is 2.33. The van der Waals surface area contributed by atoms with Crippen molar-refractivity contribution in [1.29, 1.82) is 0 Å². The molecule has 5 nitrogen and oxygen atoms in total. The Labute approximate surface area is 142 Å². The Hall–Kier alpha value is -2.48. The monoisotopic (exact) mass is 354 g/mol. The molecule has 134 valence electrons. The van der Waals surface area contributed by atoms with Gasteiger partial charge in [-0.25, -0.2) is 4.98 Å². The quantitative estimate of drug-likeness (QED) is 0.918. The highest BCUT2D eigenvalue weighted by Crippen LogP contribution is 2.41. The first-order chi connectivity index (χ1) is 11.8. The van der Waals surface area contributed by atoms with Crippen molar-refractivity contribution >= 4 is 5.82 Å². The summed E-state index contributed by atoms with van der Waals surface area (Å²) in [6.45, 7) is 0.353. The number of aliphatic hydroxyl groups is 1. The Morgan fingerprint density at radius 3 is 2.48 bits per heavy atom. The van der Waals surface area contributed by atoms with Gasteiger partial charge in [-0.3, -0.25) is 0 Å². The molecule has 0 fully saturated rings. The van der Waals surface area contributed by atoms with E-state index in [4.69, 9.17) is 9.47 Å². The molecule has 0 aliphatic carbocycles. The van der Waals surface area contributed by atoms with Gasteiger partial charge in [-0.05, 0) is 24.3 Å². The second kappa shape index (κ2) is 6.44. The van der Waals surface area contributed by atoms with Crippen molar-refractivity contribution in [3.8, 4) is 11.5 Å². The molecule has 1 unspecified atom stereocenters. The Morgan fingerprint density at radius 1 is 1.16 bits per heavy atom. The molecule has 0 spiro atoms. The maximum atomic E-state index is 12.9. The zero-order valence-corrected chi connectivity index (χ0v) is 13.7. The highest BCUT2D eigenvalue weighted by atomic mass is 19.4. The summed E-state index contributed by atoms with van der Waals surface area (Å²) < 4.78 is 49.4. The zero-order chi connectivity index (χ0) is 18.2. The number of ether oxygens (including phenoxy) is 2. The summed E-state index contributed by atoms with van der Waals surface area (Å²) in [5.41, 5.74) is 0.472. The number of aliphatic hydroxyl groups excluding tert-OH is 1. The second-order valence-electron chi connectivity index (χ2n) is 5.66. The summed E-state index contributed by atoms with van der Waals surface area (Å²) in [4.78, 5) is 5.61. The van der Waals surface area contributed by atoms with Crippen LogP contribution in [0.1, 0.15) is 22.8 Å². The van der Waals surface area contributed by atoms with Gasteiger partial charge in [0.2, 0.25) is 0 Å². The van der Waals surface area contributed by atoms with E-state index in [0.717, 1.165) is 18.3 Å². The van der Waals surface area contributed by atoms with Crippen LogP contribution >= 0.6 is 0 Å². The summed E-state index contributed by atoms with van der Waals surface area (Å²) in [6.07, 6.45) is -4.28. The first kappa shape index (κ1) is 17.3. The van der Waals surface area contributed by atoms with E-state index in [9.17, 15) is 18.3 Å². The fraction of sp³-hybridized carbons (Fsp3) is 0.353. The molecule has 25 heavy (non-hydrogen) atoms. The Bertz CT molecular complexity index is 780. The summed E-state index contributed by atoms with van der Waals surface area (Å²) >= 11 is 0. The molecule has 1 aliphatic heterocycles. The van der Waals surface area contributed by atoms with Crippen molar-refractivity contribution in [2.75, 3.05) is 25.7 Å². The van der Waals surface area contributed by atoms with Crippen LogP contribution in [0.3, 0.4) is 0 Å². The van der Waals surface area contributed by atoms with Gasteiger partial charge < -0.3 is 19.5 Å². The highest BCUT2D eigenvalue weighted by molar-refractivity contribution is 5.55. The number of aromatic nitrogens is 1. The van der Waals surface area contributed by atoms with Crippen molar-refractivity contribution < 1.29 is 27.8 Å². The number of β-amino-alcohol motifs (C(OH)–C–C–N with tert-alkyl or cyclic N) is 1. The number of benzene rings is 1. The number of alkyl halides is 3. The number of fused-ring (bicyclic) bond motifs is 1. The van der Waals surface area contributed by atoms with Crippen LogP contribution in [0.5, 0.6) is 11.5 Å². The topological polar surface area (TPSA) is 54.8 Å². The normalized spacial score (nSPS) is 17.2. The SMILES string of the molecule is COc1ccc(OC)c2c1CN(c1cc(C(F)(F)F)ccn1)CC2O. The van der Waals surface area contributed by atoms with Crippen LogP contribution in [0, 0.1) is 0 Å². The summed E-state index contributed by atoms with van der Waals surface area (Å²) in [6, 6.07) is 5.29. The molecule has 8 heteroatoms. The number of nitrogens with zero attached hydrogens (tertiary/aromatic N) is 2. The van der Waals surface area contributed by atoms with E-state index in [1.165, 1.54) is 14.2 Å². The Balaban J connectivity index is 2.02.